The second-order valence-corrected chi connectivity index (χ2v) is 9.33. The van der Waals surface area contributed by atoms with Crippen LogP contribution in [0.5, 0.6) is 17.2 Å². The molecule has 0 aliphatic carbocycles. The normalized spacial score (nSPS) is 16.2. The van der Waals surface area contributed by atoms with Crippen molar-refractivity contribution in [3.63, 3.8) is 0 Å². The topological polar surface area (TPSA) is 99.5 Å². The van der Waals surface area contributed by atoms with E-state index in [1.165, 1.54) is 0 Å². The van der Waals surface area contributed by atoms with E-state index in [0.29, 0.717) is 22.5 Å². The molecule has 10 heteroatoms. The number of halogens is 1. The van der Waals surface area contributed by atoms with Crippen molar-refractivity contribution >= 4 is 29.4 Å². The first kappa shape index (κ1) is 25.4. The Morgan fingerprint density at radius 3 is 2.37 bits per heavy atom. The summed E-state index contributed by atoms with van der Waals surface area (Å²) in [7, 11) is 4.77. The Morgan fingerprint density at radius 1 is 0.974 bits per heavy atom. The summed E-state index contributed by atoms with van der Waals surface area (Å²) in [6.45, 7) is 0. The van der Waals surface area contributed by atoms with Gasteiger partial charge < -0.3 is 19.5 Å². The number of anilines is 2. The van der Waals surface area contributed by atoms with Crippen molar-refractivity contribution in [1.82, 2.24) is 14.8 Å². The second-order valence-electron chi connectivity index (χ2n) is 8.89. The number of benzene rings is 3. The van der Waals surface area contributed by atoms with Gasteiger partial charge in [-0.25, -0.2) is 4.68 Å². The van der Waals surface area contributed by atoms with Crippen molar-refractivity contribution in [2.24, 2.45) is 0 Å². The van der Waals surface area contributed by atoms with Crippen molar-refractivity contribution < 1.29 is 19.0 Å². The molecule has 2 heterocycles. The van der Waals surface area contributed by atoms with E-state index in [1.807, 2.05) is 59.3 Å². The van der Waals surface area contributed by atoms with E-state index >= 15 is 0 Å². The zero-order valence-electron chi connectivity index (χ0n) is 21.3. The van der Waals surface area contributed by atoms with Crippen molar-refractivity contribution in [3.05, 3.63) is 88.4 Å². The standard InChI is InChI=1S/C28H28ClN5O4/c1-36-21-11-7-19(8-12-21)23-16-22(18-5-9-20(29)10-6-18)30-28-32-27(33-34(23)28)31-26(35)15-17-4-13-24(37-2)25(14-17)38-3/h4-14,22-23H,15-16H2,1-3H3,(H2,30,31,32,33,35). The third-order valence-corrected chi connectivity index (χ3v) is 6.78. The van der Waals surface area contributed by atoms with Crippen LogP contribution < -0.4 is 24.8 Å². The minimum atomic E-state index is -0.240. The molecule has 1 aromatic heterocycles. The van der Waals surface area contributed by atoms with Crippen molar-refractivity contribution in [2.45, 2.75) is 24.9 Å². The van der Waals surface area contributed by atoms with E-state index < -0.39 is 0 Å². The van der Waals surface area contributed by atoms with Gasteiger partial charge in [0.05, 0.1) is 39.8 Å². The van der Waals surface area contributed by atoms with Gasteiger partial charge in [0, 0.05) is 5.02 Å². The number of aromatic nitrogens is 3. The first-order chi connectivity index (χ1) is 18.5. The Balaban J connectivity index is 1.40. The molecule has 9 nitrogen and oxygen atoms in total. The monoisotopic (exact) mass is 533 g/mol. The summed E-state index contributed by atoms with van der Waals surface area (Å²) in [5.74, 6) is 2.50. The predicted octanol–water partition coefficient (Wildman–Crippen LogP) is 5.28. The molecule has 3 aromatic carbocycles. The molecule has 0 spiro atoms. The number of carbonyl (C=O) groups is 1. The third kappa shape index (κ3) is 5.38. The Labute approximate surface area is 225 Å². The summed E-state index contributed by atoms with van der Waals surface area (Å²) in [6, 6.07) is 20.9. The fraction of sp³-hybridized carbons (Fsp3) is 0.250. The summed E-state index contributed by atoms with van der Waals surface area (Å²) in [5.41, 5.74) is 2.92. The van der Waals surface area contributed by atoms with Crippen LogP contribution >= 0.6 is 11.6 Å². The van der Waals surface area contributed by atoms with Crippen LogP contribution in [0.4, 0.5) is 11.9 Å². The molecule has 2 N–H and O–H groups in total. The molecule has 1 aliphatic rings. The largest absolute Gasteiger partial charge is 0.497 e. The van der Waals surface area contributed by atoms with Gasteiger partial charge in [-0.2, -0.15) is 4.98 Å². The Hall–Kier alpha value is -4.24. The molecule has 0 saturated carbocycles. The van der Waals surface area contributed by atoms with Crippen LogP contribution in [0.25, 0.3) is 0 Å². The van der Waals surface area contributed by atoms with Gasteiger partial charge in [-0.3, -0.25) is 10.1 Å². The summed E-state index contributed by atoms with van der Waals surface area (Å²) >= 11 is 6.11. The molecular formula is C28H28ClN5O4. The van der Waals surface area contributed by atoms with Crippen LogP contribution in [0.3, 0.4) is 0 Å². The lowest BCUT2D eigenvalue weighted by molar-refractivity contribution is -0.115. The van der Waals surface area contributed by atoms with E-state index in [4.69, 9.17) is 25.8 Å². The fourth-order valence-electron chi connectivity index (χ4n) is 4.59. The van der Waals surface area contributed by atoms with Crippen molar-refractivity contribution in [1.29, 1.82) is 0 Å². The molecule has 1 aliphatic heterocycles. The van der Waals surface area contributed by atoms with Crippen LogP contribution in [0.2, 0.25) is 5.02 Å². The first-order valence-electron chi connectivity index (χ1n) is 12.1. The van der Waals surface area contributed by atoms with Crippen molar-refractivity contribution in [2.75, 3.05) is 32.0 Å². The number of fused-ring (bicyclic) bond motifs is 1. The number of carbonyl (C=O) groups excluding carboxylic acids is 1. The van der Waals surface area contributed by atoms with Crippen LogP contribution in [0.15, 0.2) is 66.7 Å². The number of rotatable bonds is 8. The zero-order chi connectivity index (χ0) is 26.6. The molecule has 2 atom stereocenters. The zero-order valence-corrected chi connectivity index (χ0v) is 22.0. The quantitative estimate of drug-likeness (QED) is 0.317. The van der Waals surface area contributed by atoms with Gasteiger partial charge in [-0.15, -0.1) is 5.10 Å². The highest BCUT2D eigenvalue weighted by molar-refractivity contribution is 6.30. The van der Waals surface area contributed by atoms with Gasteiger partial charge in [-0.1, -0.05) is 41.9 Å². The Kier molecular flexibility index (Phi) is 7.37. The van der Waals surface area contributed by atoms with Crippen LogP contribution in [-0.2, 0) is 11.2 Å². The SMILES string of the molecule is COc1ccc(C2CC(c3ccc(Cl)cc3)Nc3nc(NC(=O)Cc4ccc(OC)c(OC)c4)nn32)cc1. The minimum Gasteiger partial charge on any atom is -0.497 e. The van der Waals surface area contributed by atoms with E-state index in [2.05, 4.69) is 20.7 Å². The van der Waals surface area contributed by atoms with Gasteiger partial charge in [0.25, 0.3) is 5.95 Å². The Morgan fingerprint density at radius 2 is 1.68 bits per heavy atom. The van der Waals surface area contributed by atoms with Gasteiger partial charge in [0.15, 0.2) is 11.5 Å². The Bertz CT molecular complexity index is 1420. The lowest BCUT2D eigenvalue weighted by Gasteiger charge is -2.31. The molecule has 0 fully saturated rings. The number of nitrogens with one attached hydrogen (secondary N) is 2. The molecule has 196 valence electrons. The highest BCUT2D eigenvalue weighted by atomic mass is 35.5. The molecule has 5 rings (SSSR count). The van der Waals surface area contributed by atoms with Crippen LogP contribution in [-0.4, -0.2) is 42.0 Å². The lowest BCUT2D eigenvalue weighted by Crippen LogP contribution is -2.28. The third-order valence-electron chi connectivity index (χ3n) is 6.53. The van der Waals surface area contributed by atoms with Gasteiger partial charge in [0.2, 0.25) is 11.9 Å². The number of hydrogen-bond acceptors (Lipinski definition) is 7. The summed E-state index contributed by atoms with van der Waals surface area (Å²) < 4.78 is 17.8. The van der Waals surface area contributed by atoms with Gasteiger partial charge >= 0.3 is 0 Å². The smallest absolute Gasteiger partial charge is 0.250 e. The summed E-state index contributed by atoms with van der Waals surface area (Å²) in [4.78, 5) is 17.5. The molecular weight excluding hydrogens is 506 g/mol. The molecule has 38 heavy (non-hydrogen) atoms. The molecule has 0 bridgehead atoms. The fourth-order valence-corrected chi connectivity index (χ4v) is 4.72. The molecule has 2 unspecified atom stereocenters. The number of ether oxygens (including phenoxy) is 3. The van der Waals surface area contributed by atoms with E-state index in [9.17, 15) is 4.79 Å². The highest BCUT2D eigenvalue weighted by Gasteiger charge is 2.31. The number of nitrogens with zero attached hydrogens (tertiary/aromatic N) is 3. The number of hydrogen-bond donors (Lipinski definition) is 2. The van der Waals surface area contributed by atoms with Gasteiger partial charge in [0.1, 0.15) is 5.75 Å². The lowest BCUT2D eigenvalue weighted by atomic mass is 9.93. The van der Waals surface area contributed by atoms with Crippen LogP contribution in [0, 0.1) is 0 Å². The summed E-state index contributed by atoms with van der Waals surface area (Å²) in [6.07, 6.45) is 0.857. The second kappa shape index (κ2) is 11.0. The van der Waals surface area contributed by atoms with Crippen molar-refractivity contribution in [3.8, 4) is 17.2 Å². The maximum Gasteiger partial charge on any atom is 0.250 e. The molecule has 1 amide bonds. The predicted molar refractivity (Wildman–Crippen MR) is 145 cm³/mol. The minimum absolute atomic E-state index is 0.0219. The van der Waals surface area contributed by atoms with E-state index in [-0.39, 0.29) is 30.4 Å². The van der Waals surface area contributed by atoms with Crippen LogP contribution in [0.1, 0.15) is 35.2 Å². The number of amides is 1. The molecule has 0 radical (unpaired) electrons. The van der Waals surface area contributed by atoms with E-state index in [0.717, 1.165) is 28.9 Å². The maximum absolute atomic E-state index is 12.9. The average Bonchev–Trinajstić information content (AvgIpc) is 3.35. The average molecular weight is 534 g/mol. The van der Waals surface area contributed by atoms with E-state index in [1.54, 1.807) is 33.5 Å². The molecule has 0 saturated heterocycles. The first-order valence-corrected chi connectivity index (χ1v) is 12.5. The number of methoxy groups -OCH3 is 3. The van der Waals surface area contributed by atoms with Gasteiger partial charge in [-0.05, 0) is 59.5 Å². The molecule has 4 aromatic rings. The maximum atomic E-state index is 12.9. The highest BCUT2D eigenvalue weighted by Crippen LogP contribution is 2.39. The summed E-state index contributed by atoms with van der Waals surface area (Å²) in [5, 5.41) is 11.6.